The standard InChI is InChI=1S/C3H5N.C3H9OP/c1-2-3-4;1-2-3-4-5/h2H2,1H3;2-3,5H2,1H3. The Morgan fingerprint density at radius 2 is 2.00 bits per heavy atom. The lowest BCUT2D eigenvalue weighted by molar-refractivity contribution is 0.371. The van der Waals surface area contributed by atoms with Gasteiger partial charge in [-0.25, -0.2) is 0 Å². The van der Waals surface area contributed by atoms with E-state index in [-0.39, 0.29) is 0 Å². The van der Waals surface area contributed by atoms with Gasteiger partial charge in [-0.2, -0.15) is 5.26 Å². The van der Waals surface area contributed by atoms with Crippen LogP contribution in [0.3, 0.4) is 0 Å². The van der Waals surface area contributed by atoms with Gasteiger partial charge >= 0.3 is 0 Å². The zero-order valence-electron chi connectivity index (χ0n) is 6.05. The van der Waals surface area contributed by atoms with E-state index in [0.717, 1.165) is 13.0 Å². The molecule has 0 aliphatic carbocycles. The summed E-state index contributed by atoms with van der Waals surface area (Å²) in [5, 5.41) is 7.62. The topological polar surface area (TPSA) is 33.0 Å². The van der Waals surface area contributed by atoms with E-state index < -0.39 is 0 Å². The number of nitrogens with zero attached hydrogens (tertiary/aromatic N) is 1. The molecule has 0 heterocycles. The molecule has 0 saturated carbocycles. The van der Waals surface area contributed by atoms with Gasteiger partial charge in [-0.05, 0) is 6.42 Å². The second-order valence-electron chi connectivity index (χ2n) is 1.38. The first-order valence-corrected chi connectivity index (χ1v) is 3.49. The number of hydrogen-bond donors (Lipinski definition) is 0. The maximum Gasteiger partial charge on any atom is 0.0618 e. The normalized spacial score (nSPS) is 6.89. The highest BCUT2D eigenvalue weighted by atomic mass is 31.0. The summed E-state index contributed by atoms with van der Waals surface area (Å²) in [6.45, 7) is 4.74. The van der Waals surface area contributed by atoms with Crippen molar-refractivity contribution < 1.29 is 4.52 Å². The van der Waals surface area contributed by atoms with E-state index in [1.54, 1.807) is 0 Å². The summed E-state index contributed by atoms with van der Waals surface area (Å²) >= 11 is 0. The number of rotatable bonds is 2. The van der Waals surface area contributed by atoms with Gasteiger partial charge in [0.05, 0.1) is 6.07 Å². The quantitative estimate of drug-likeness (QED) is 0.560. The van der Waals surface area contributed by atoms with Crippen LogP contribution in [0.4, 0.5) is 0 Å². The Morgan fingerprint density at radius 1 is 1.56 bits per heavy atom. The Labute approximate surface area is 59.5 Å². The lowest BCUT2D eigenvalue weighted by Gasteiger charge is -1.84. The first-order chi connectivity index (χ1) is 4.33. The van der Waals surface area contributed by atoms with Crippen molar-refractivity contribution >= 4 is 9.47 Å². The van der Waals surface area contributed by atoms with Crippen LogP contribution in [0.1, 0.15) is 26.7 Å². The first kappa shape index (κ1) is 11.6. The molecule has 0 aliphatic rings. The molecule has 0 N–H and O–H groups in total. The molecule has 0 aromatic carbocycles. The lowest BCUT2D eigenvalue weighted by atomic mass is 10.5. The average molecular weight is 147 g/mol. The van der Waals surface area contributed by atoms with Gasteiger partial charge in [0, 0.05) is 22.5 Å². The Hall–Kier alpha value is -0.120. The monoisotopic (exact) mass is 147 g/mol. The molecule has 0 aromatic heterocycles. The summed E-state index contributed by atoms with van der Waals surface area (Å²) in [7, 11) is 2.20. The minimum Gasteiger partial charge on any atom is -0.366 e. The number of hydrogen-bond acceptors (Lipinski definition) is 2. The van der Waals surface area contributed by atoms with Crippen molar-refractivity contribution in [2.24, 2.45) is 0 Å². The molecule has 0 aliphatic heterocycles. The Balaban J connectivity index is 0. The van der Waals surface area contributed by atoms with Gasteiger partial charge in [-0.1, -0.05) is 13.8 Å². The van der Waals surface area contributed by atoms with E-state index in [1.165, 1.54) is 0 Å². The van der Waals surface area contributed by atoms with Crippen LogP contribution >= 0.6 is 9.47 Å². The van der Waals surface area contributed by atoms with Crippen LogP contribution in [-0.4, -0.2) is 6.61 Å². The van der Waals surface area contributed by atoms with Gasteiger partial charge in [0.2, 0.25) is 0 Å². The van der Waals surface area contributed by atoms with Gasteiger partial charge in [-0.3, -0.25) is 0 Å². The summed E-state index contributed by atoms with van der Waals surface area (Å²) in [6.07, 6.45) is 1.73. The Morgan fingerprint density at radius 3 is 2.00 bits per heavy atom. The molecule has 0 saturated heterocycles. The maximum atomic E-state index is 7.62. The van der Waals surface area contributed by atoms with Crippen LogP contribution in [0.15, 0.2) is 0 Å². The zero-order valence-corrected chi connectivity index (χ0v) is 7.21. The maximum absolute atomic E-state index is 7.62. The third kappa shape index (κ3) is 32.8. The molecule has 54 valence electrons. The van der Waals surface area contributed by atoms with Crippen molar-refractivity contribution in [2.75, 3.05) is 6.61 Å². The van der Waals surface area contributed by atoms with E-state index in [4.69, 9.17) is 5.26 Å². The minimum atomic E-state index is 0.625. The van der Waals surface area contributed by atoms with Crippen molar-refractivity contribution in [3.05, 3.63) is 0 Å². The fraction of sp³-hybridized carbons (Fsp3) is 0.833. The van der Waals surface area contributed by atoms with Crippen molar-refractivity contribution in [1.29, 1.82) is 5.26 Å². The predicted molar refractivity (Wildman–Crippen MR) is 41.9 cm³/mol. The summed E-state index contributed by atoms with van der Waals surface area (Å²) in [5.41, 5.74) is 0. The van der Waals surface area contributed by atoms with Crippen LogP contribution in [-0.2, 0) is 4.52 Å². The molecule has 3 heteroatoms. The Bertz CT molecular complexity index is 67.9. The van der Waals surface area contributed by atoms with Gasteiger partial charge < -0.3 is 4.52 Å². The smallest absolute Gasteiger partial charge is 0.0618 e. The van der Waals surface area contributed by atoms with Crippen molar-refractivity contribution in [1.82, 2.24) is 0 Å². The highest BCUT2D eigenvalue weighted by Gasteiger charge is 1.66. The van der Waals surface area contributed by atoms with Gasteiger partial charge in [0.15, 0.2) is 0 Å². The largest absolute Gasteiger partial charge is 0.366 e. The molecule has 0 rings (SSSR count). The second kappa shape index (κ2) is 15.7. The highest BCUT2D eigenvalue weighted by Crippen LogP contribution is 1.84. The van der Waals surface area contributed by atoms with E-state index in [1.807, 2.05) is 13.0 Å². The molecule has 0 amide bonds. The summed E-state index contributed by atoms with van der Waals surface area (Å²) in [5.74, 6) is 0. The molecule has 0 spiro atoms. The summed E-state index contributed by atoms with van der Waals surface area (Å²) in [4.78, 5) is 0. The van der Waals surface area contributed by atoms with E-state index in [2.05, 4.69) is 20.9 Å². The molecule has 0 bridgehead atoms. The fourth-order valence-corrected chi connectivity index (χ4v) is 0.354. The molecule has 0 fully saturated rings. The summed E-state index contributed by atoms with van der Waals surface area (Å²) in [6, 6.07) is 1.93. The third-order valence-corrected chi connectivity index (χ3v) is 0.716. The lowest BCUT2D eigenvalue weighted by Crippen LogP contribution is -1.73. The molecule has 0 radical (unpaired) electrons. The number of nitriles is 1. The Kier molecular flexibility index (Phi) is 20.3. The van der Waals surface area contributed by atoms with E-state index in [0.29, 0.717) is 6.42 Å². The molecular formula is C6H14NOP. The molecule has 2 nitrogen and oxygen atoms in total. The highest BCUT2D eigenvalue weighted by molar-refractivity contribution is 7.09. The van der Waals surface area contributed by atoms with E-state index >= 15 is 0 Å². The second-order valence-corrected chi connectivity index (χ2v) is 1.72. The molecule has 1 unspecified atom stereocenters. The fourth-order valence-electron chi connectivity index (χ4n) is 0.118. The van der Waals surface area contributed by atoms with Crippen molar-refractivity contribution in [2.45, 2.75) is 26.7 Å². The van der Waals surface area contributed by atoms with Crippen LogP contribution in [0.25, 0.3) is 0 Å². The van der Waals surface area contributed by atoms with E-state index in [9.17, 15) is 0 Å². The minimum absolute atomic E-state index is 0.625. The molecule has 0 aromatic rings. The van der Waals surface area contributed by atoms with Crippen molar-refractivity contribution in [3.8, 4) is 6.07 Å². The van der Waals surface area contributed by atoms with Crippen LogP contribution in [0.5, 0.6) is 0 Å². The average Bonchev–Trinajstić information content (AvgIpc) is 1.91. The summed E-state index contributed by atoms with van der Waals surface area (Å²) < 4.78 is 4.61. The van der Waals surface area contributed by atoms with Gasteiger partial charge in [-0.15, -0.1) is 0 Å². The van der Waals surface area contributed by atoms with Crippen LogP contribution in [0, 0.1) is 11.3 Å². The predicted octanol–water partition coefficient (Wildman–Crippen LogP) is 2.12. The first-order valence-electron chi connectivity index (χ1n) is 3.02. The van der Waals surface area contributed by atoms with Crippen LogP contribution in [0.2, 0.25) is 0 Å². The van der Waals surface area contributed by atoms with Crippen LogP contribution < -0.4 is 0 Å². The van der Waals surface area contributed by atoms with Crippen molar-refractivity contribution in [3.63, 3.8) is 0 Å². The van der Waals surface area contributed by atoms with Gasteiger partial charge in [0.1, 0.15) is 0 Å². The SMILES string of the molecule is CCC#N.CCCOP. The molecule has 1 atom stereocenters. The zero-order chi connectivity index (χ0) is 7.54. The third-order valence-electron chi connectivity index (χ3n) is 0.480. The van der Waals surface area contributed by atoms with Gasteiger partial charge in [0.25, 0.3) is 0 Å². The molecular weight excluding hydrogens is 133 g/mol. The molecule has 9 heavy (non-hydrogen) atoms.